The van der Waals surface area contributed by atoms with Crippen LogP contribution in [-0.4, -0.2) is 41.5 Å². The third-order valence-electron chi connectivity index (χ3n) is 3.89. The van der Waals surface area contributed by atoms with Crippen LogP contribution in [0.3, 0.4) is 0 Å². The molecule has 1 N–H and O–H groups in total. The predicted molar refractivity (Wildman–Crippen MR) is 83.1 cm³/mol. The summed E-state index contributed by atoms with van der Waals surface area (Å²) in [6.07, 6.45) is 1.85. The number of amides is 2. The minimum absolute atomic E-state index is 0.0834. The number of nitrogens with zero attached hydrogens (tertiary/aromatic N) is 1. The zero-order chi connectivity index (χ0) is 16.2. The van der Waals surface area contributed by atoms with Gasteiger partial charge in [-0.25, -0.2) is 4.39 Å². The molecule has 2 rings (SSSR count). The van der Waals surface area contributed by atoms with Crippen molar-refractivity contribution in [1.82, 2.24) is 10.2 Å². The summed E-state index contributed by atoms with van der Waals surface area (Å²) in [4.78, 5) is 25.6. The Morgan fingerprint density at radius 2 is 2.00 bits per heavy atom. The number of benzene rings is 1. The molecule has 1 aromatic carbocycles. The molecule has 5 heteroatoms. The van der Waals surface area contributed by atoms with Gasteiger partial charge < -0.3 is 10.2 Å². The van der Waals surface area contributed by atoms with Crippen molar-refractivity contribution in [2.24, 2.45) is 0 Å². The molecule has 1 aromatic rings. The summed E-state index contributed by atoms with van der Waals surface area (Å²) in [6.45, 7) is 3.56. The van der Waals surface area contributed by atoms with Gasteiger partial charge in [0, 0.05) is 25.6 Å². The van der Waals surface area contributed by atoms with Gasteiger partial charge in [-0.3, -0.25) is 9.59 Å². The standard InChI is InChI=1S/C17H23FN2O2/c1-17(2,18)16(22)19-14-10-11-20(12-14)15(21)9-8-13-6-4-3-5-7-13/h3-7,14H,8-12H2,1-2H3,(H,19,22)/t14-/m1/s1. The topological polar surface area (TPSA) is 49.4 Å². The second kappa shape index (κ2) is 6.90. The first kappa shape index (κ1) is 16.5. The Hall–Kier alpha value is -1.91. The van der Waals surface area contributed by atoms with Gasteiger partial charge in [0.15, 0.2) is 5.67 Å². The van der Waals surface area contributed by atoms with Gasteiger partial charge in [-0.2, -0.15) is 0 Å². The molecule has 1 atom stereocenters. The van der Waals surface area contributed by atoms with Crippen LogP contribution in [0.2, 0.25) is 0 Å². The van der Waals surface area contributed by atoms with Crippen molar-refractivity contribution in [3.05, 3.63) is 35.9 Å². The van der Waals surface area contributed by atoms with E-state index in [-0.39, 0.29) is 11.9 Å². The number of alkyl halides is 1. The minimum Gasteiger partial charge on any atom is -0.349 e. The molecule has 1 heterocycles. The Balaban J connectivity index is 1.78. The highest BCUT2D eigenvalue weighted by Gasteiger charge is 2.32. The molecule has 120 valence electrons. The van der Waals surface area contributed by atoms with Crippen LogP contribution in [0.5, 0.6) is 0 Å². The number of carbonyl (C=O) groups excluding carboxylic acids is 2. The summed E-state index contributed by atoms with van der Waals surface area (Å²) in [6, 6.07) is 9.72. The number of hydrogen-bond donors (Lipinski definition) is 1. The molecule has 0 radical (unpaired) electrons. The second-order valence-electron chi connectivity index (χ2n) is 6.26. The number of hydrogen-bond acceptors (Lipinski definition) is 2. The Kier molecular flexibility index (Phi) is 5.16. The maximum Gasteiger partial charge on any atom is 0.257 e. The number of nitrogens with one attached hydrogen (secondary N) is 1. The van der Waals surface area contributed by atoms with E-state index in [1.807, 2.05) is 30.3 Å². The largest absolute Gasteiger partial charge is 0.349 e. The van der Waals surface area contributed by atoms with Gasteiger partial charge >= 0.3 is 0 Å². The molecule has 0 aromatic heterocycles. The zero-order valence-corrected chi connectivity index (χ0v) is 13.1. The lowest BCUT2D eigenvalue weighted by Crippen LogP contribution is -2.45. The summed E-state index contributed by atoms with van der Waals surface area (Å²) in [5.41, 5.74) is -0.746. The van der Waals surface area contributed by atoms with Gasteiger partial charge in [0.2, 0.25) is 5.91 Å². The third-order valence-corrected chi connectivity index (χ3v) is 3.89. The lowest BCUT2D eigenvalue weighted by Gasteiger charge is -2.20. The summed E-state index contributed by atoms with van der Waals surface area (Å²) in [7, 11) is 0. The number of carbonyl (C=O) groups is 2. The first-order valence-corrected chi connectivity index (χ1v) is 7.68. The predicted octanol–water partition coefficient (Wildman–Crippen LogP) is 2.08. The molecule has 22 heavy (non-hydrogen) atoms. The van der Waals surface area contributed by atoms with Gasteiger partial charge in [-0.1, -0.05) is 30.3 Å². The maximum absolute atomic E-state index is 13.5. The average molecular weight is 306 g/mol. The van der Waals surface area contributed by atoms with Gasteiger partial charge in [-0.15, -0.1) is 0 Å². The van der Waals surface area contributed by atoms with Crippen molar-refractivity contribution >= 4 is 11.8 Å². The highest BCUT2D eigenvalue weighted by molar-refractivity contribution is 5.84. The SMILES string of the molecule is CC(C)(F)C(=O)N[C@@H]1CCN(C(=O)CCc2ccccc2)C1. The summed E-state index contributed by atoms with van der Waals surface area (Å²) in [5, 5.41) is 2.67. The van der Waals surface area contributed by atoms with Gasteiger partial charge in [0.25, 0.3) is 5.91 Å². The summed E-state index contributed by atoms with van der Waals surface area (Å²) in [5.74, 6) is -0.531. The molecule has 0 saturated carbocycles. The lowest BCUT2D eigenvalue weighted by molar-refractivity contribution is -0.132. The van der Waals surface area contributed by atoms with Crippen molar-refractivity contribution in [2.45, 2.75) is 44.8 Å². The highest BCUT2D eigenvalue weighted by atomic mass is 19.1. The van der Waals surface area contributed by atoms with Crippen LogP contribution in [0, 0.1) is 0 Å². The van der Waals surface area contributed by atoms with E-state index in [4.69, 9.17) is 0 Å². The first-order chi connectivity index (χ1) is 10.4. The molecule has 1 fully saturated rings. The fraction of sp³-hybridized carbons (Fsp3) is 0.529. The van der Waals surface area contributed by atoms with Crippen molar-refractivity contribution in [1.29, 1.82) is 0 Å². The van der Waals surface area contributed by atoms with Crippen molar-refractivity contribution in [2.75, 3.05) is 13.1 Å². The Morgan fingerprint density at radius 3 is 2.64 bits per heavy atom. The third kappa shape index (κ3) is 4.55. The van der Waals surface area contributed by atoms with Gasteiger partial charge in [0.05, 0.1) is 0 Å². The summed E-state index contributed by atoms with van der Waals surface area (Å²) < 4.78 is 13.5. The van der Waals surface area contributed by atoms with Crippen molar-refractivity contribution in [3.8, 4) is 0 Å². The molecular formula is C17H23FN2O2. The Morgan fingerprint density at radius 1 is 1.32 bits per heavy atom. The molecule has 1 aliphatic rings. The quantitative estimate of drug-likeness (QED) is 0.905. The van der Waals surface area contributed by atoms with Crippen LogP contribution in [0.15, 0.2) is 30.3 Å². The van der Waals surface area contributed by atoms with Crippen LogP contribution >= 0.6 is 0 Å². The summed E-state index contributed by atoms with van der Waals surface area (Å²) >= 11 is 0. The average Bonchev–Trinajstić information content (AvgIpc) is 2.93. The van der Waals surface area contributed by atoms with E-state index in [0.717, 1.165) is 5.56 Å². The molecule has 0 bridgehead atoms. The van der Waals surface area contributed by atoms with Crippen LogP contribution in [0.4, 0.5) is 4.39 Å². The smallest absolute Gasteiger partial charge is 0.257 e. The molecule has 2 amide bonds. The van der Waals surface area contributed by atoms with Crippen molar-refractivity contribution < 1.29 is 14.0 Å². The molecular weight excluding hydrogens is 283 g/mol. The molecule has 0 unspecified atom stereocenters. The molecule has 1 saturated heterocycles. The van der Waals surface area contributed by atoms with E-state index in [2.05, 4.69) is 5.32 Å². The fourth-order valence-corrected chi connectivity index (χ4v) is 2.52. The van der Waals surface area contributed by atoms with Gasteiger partial charge in [-0.05, 0) is 32.3 Å². The van der Waals surface area contributed by atoms with E-state index < -0.39 is 11.6 Å². The number of aryl methyl sites for hydroxylation is 1. The Labute approximate surface area is 130 Å². The van der Waals surface area contributed by atoms with E-state index in [0.29, 0.717) is 32.4 Å². The van der Waals surface area contributed by atoms with E-state index in [1.54, 1.807) is 4.90 Å². The zero-order valence-electron chi connectivity index (χ0n) is 13.1. The number of likely N-dealkylation sites (tertiary alicyclic amines) is 1. The number of rotatable bonds is 5. The van der Waals surface area contributed by atoms with E-state index in [1.165, 1.54) is 13.8 Å². The van der Waals surface area contributed by atoms with Crippen LogP contribution < -0.4 is 5.32 Å². The molecule has 1 aliphatic heterocycles. The maximum atomic E-state index is 13.5. The van der Waals surface area contributed by atoms with E-state index >= 15 is 0 Å². The van der Waals surface area contributed by atoms with Crippen LogP contribution in [0.1, 0.15) is 32.3 Å². The fourth-order valence-electron chi connectivity index (χ4n) is 2.52. The highest BCUT2D eigenvalue weighted by Crippen LogP contribution is 2.15. The van der Waals surface area contributed by atoms with Crippen LogP contribution in [0.25, 0.3) is 0 Å². The number of halogens is 1. The minimum atomic E-state index is -1.88. The van der Waals surface area contributed by atoms with Crippen molar-refractivity contribution in [3.63, 3.8) is 0 Å². The van der Waals surface area contributed by atoms with Crippen LogP contribution in [-0.2, 0) is 16.0 Å². The lowest BCUT2D eigenvalue weighted by atomic mass is 10.1. The van der Waals surface area contributed by atoms with E-state index in [9.17, 15) is 14.0 Å². The first-order valence-electron chi connectivity index (χ1n) is 7.68. The second-order valence-corrected chi connectivity index (χ2v) is 6.26. The normalized spacial score (nSPS) is 18.3. The molecule has 4 nitrogen and oxygen atoms in total. The van der Waals surface area contributed by atoms with Gasteiger partial charge in [0.1, 0.15) is 0 Å². The molecule has 0 aliphatic carbocycles. The molecule has 0 spiro atoms. The monoisotopic (exact) mass is 306 g/mol. The Bertz CT molecular complexity index is 525.